The second kappa shape index (κ2) is 10.2. The summed E-state index contributed by atoms with van der Waals surface area (Å²) >= 11 is 0. The Balaban J connectivity index is 1.69. The number of nitrogens with zero attached hydrogens (tertiary/aromatic N) is 2. The highest BCUT2D eigenvalue weighted by molar-refractivity contribution is 6.01. The minimum Gasteiger partial charge on any atom is -0.308 e. The molecular weight excluding hydrogens is 396 g/mol. The number of amides is 2. The van der Waals surface area contributed by atoms with Crippen LogP contribution in [0, 0.1) is 23.7 Å². The Morgan fingerprint density at radius 2 is 1.22 bits per heavy atom. The first kappa shape index (κ1) is 20.4. The highest BCUT2D eigenvalue weighted by Crippen LogP contribution is 2.21. The van der Waals surface area contributed by atoms with Gasteiger partial charge in [0, 0.05) is 52.7 Å². The molecular formula is C27H18N4O. The summed E-state index contributed by atoms with van der Waals surface area (Å²) < 4.78 is 0. The maximum Gasteiger partial charge on any atom is 0.323 e. The summed E-state index contributed by atoms with van der Waals surface area (Å²) in [4.78, 5) is 20.9. The summed E-state index contributed by atoms with van der Waals surface area (Å²) in [5.74, 6) is 12.4. The molecule has 2 aromatic carbocycles. The van der Waals surface area contributed by atoms with Crippen LogP contribution in [0.2, 0.25) is 0 Å². The van der Waals surface area contributed by atoms with Crippen LogP contribution >= 0.6 is 0 Å². The van der Waals surface area contributed by atoms with E-state index in [1.165, 1.54) is 0 Å². The lowest BCUT2D eigenvalue weighted by molar-refractivity contribution is 0.262. The van der Waals surface area contributed by atoms with E-state index in [1.54, 1.807) is 24.8 Å². The molecule has 0 aliphatic rings. The Morgan fingerprint density at radius 1 is 0.625 bits per heavy atom. The topological polar surface area (TPSA) is 66.9 Å². The minimum atomic E-state index is -0.378. The SMILES string of the molecule is O=C(Nc1ccccc1)Nc1c(C#Cc2cccnc2)cccc1C#Cc1cccnc1. The Hall–Kier alpha value is -4.87. The van der Waals surface area contributed by atoms with Crippen molar-refractivity contribution in [2.75, 3.05) is 10.6 Å². The molecule has 5 heteroatoms. The normalized spacial score (nSPS) is 9.50. The monoisotopic (exact) mass is 414 g/mol. The predicted octanol–water partition coefficient (Wildman–Crippen LogP) is 4.92. The van der Waals surface area contributed by atoms with Crippen molar-refractivity contribution >= 4 is 17.4 Å². The number of hydrogen-bond acceptors (Lipinski definition) is 3. The Morgan fingerprint density at radius 3 is 1.75 bits per heavy atom. The number of hydrogen-bond donors (Lipinski definition) is 2. The quantitative estimate of drug-likeness (QED) is 0.458. The van der Waals surface area contributed by atoms with Gasteiger partial charge in [-0.3, -0.25) is 9.97 Å². The van der Waals surface area contributed by atoms with Crippen molar-refractivity contribution in [2.24, 2.45) is 0 Å². The Bertz CT molecular complexity index is 1250. The lowest BCUT2D eigenvalue weighted by Gasteiger charge is -2.11. The van der Waals surface area contributed by atoms with Gasteiger partial charge in [-0.25, -0.2) is 4.79 Å². The first-order valence-electron chi connectivity index (χ1n) is 9.88. The van der Waals surface area contributed by atoms with Crippen LogP contribution in [-0.4, -0.2) is 16.0 Å². The summed E-state index contributed by atoms with van der Waals surface area (Å²) in [6, 6.07) is 21.8. The van der Waals surface area contributed by atoms with Crippen LogP contribution in [0.5, 0.6) is 0 Å². The molecule has 4 rings (SSSR count). The molecule has 2 heterocycles. The van der Waals surface area contributed by atoms with Gasteiger partial charge in [0.1, 0.15) is 0 Å². The molecule has 0 aliphatic heterocycles. The maximum absolute atomic E-state index is 12.7. The van der Waals surface area contributed by atoms with Crippen molar-refractivity contribution in [2.45, 2.75) is 0 Å². The Kier molecular flexibility index (Phi) is 6.53. The average molecular weight is 414 g/mol. The molecule has 0 saturated carbocycles. The largest absolute Gasteiger partial charge is 0.323 e. The van der Waals surface area contributed by atoms with Crippen molar-refractivity contribution < 1.29 is 4.79 Å². The smallest absolute Gasteiger partial charge is 0.308 e. The van der Waals surface area contributed by atoms with E-state index in [-0.39, 0.29) is 6.03 Å². The van der Waals surface area contributed by atoms with Gasteiger partial charge in [0.15, 0.2) is 0 Å². The van der Waals surface area contributed by atoms with E-state index in [0.717, 1.165) is 11.1 Å². The summed E-state index contributed by atoms with van der Waals surface area (Å²) in [6.07, 6.45) is 6.77. The number of urea groups is 1. The zero-order valence-electron chi connectivity index (χ0n) is 17.0. The second-order valence-electron chi connectivity index (χ2n) is 6.66. The number of carbonyl (C=O) groups excluding carboxylic acids is 1. The number of para-hydroxylation sites is 2. The fourth-order valence-electron chi connectivity index (χ4n) is 2.85. The van der Waals surface area contributed by atoms with Gasteiger partial charge in [-0.15, -0.1) is 0 Å². The zero-order chi connectivity index (χ0) is 22.0. The van der Waals surface area contributed by atoms with E-state index in [2.05, 4.69) is 44.3 Å². The predicted molar refractivity (Wildman–Crippen MR) is 126 cm³/mol. The number of benzene rings is 2. The number of pyridine rings is 2. The lowest BCUT2D eigenvalue weighted by atomic mass is 10.1. The first-order valence-corrected chi connectivity index (χ1v) is 9.88. The molecule has 2 aromatic heterocycles. The van der Waals surface area contributed by atoms with Crippen molar-refractivity contribution in [3.63, 3.8) is 0 Å². The lowest BCUT2D eigenvalue weighted by Crippen LogP contribution is -2.20. The van der Waals surface area contributed by atoms with E-state index in [1.807, 2.05) is 72.8 Å². The number of anilines is 2. The van der Waals surface area contributed by atoms with Crippen molar-refractivity contribution in [3.8, 4) is 23.7 Å². The summed E-state index contributed by atoms with van der Waals surface area (Å²) in [6.45, 7) is 0. The highest BCUT2D eigenvalue weighted by Gasteiger charge is 2.10. The van der Waals surface area contributed by atoms with Crippen LogP contribution in [0.3, 0.4) is 0 Å². The fraction of sp³-hybridized carbons (Fsp3) is 0. The van der Waals surface area contributed by atoms with Crippen molar-refractivity contribution in [1.82, 2.24) is 9.97 Å². The van der Waals surface area contributed by atoms with Gasteiger partial charge in [-0.05, 0) is 48.5 Å². The van der Waals surface area contributed by atoms with E-state index in [0.29, 0.717) is 22.5 Å². The van der Waals surface area contributed by atoms with Crippen LogP contribution in [0.15, 0.2) is 97.6 Å². The van der Waals surface area contributed by atoms with Gasteiger partial charge in [0.2, 0.25) is 0 Å². The number of rotatable bonds is 2. The molecule has 32 heavy (non-hydrogen) atoms. The van der Waals surface area contributed by atoms with Crippen LogP contribution in [0.4, 0.5) is 16.2 Å². The minimum absolute atomic E-state index is 0.378. The first-order chi connectivity index (χ1) is 15.8. The van der Waals surface area contributed by atoms with E-state index in [9.17, 15) is 4.79 Å². The zero-order valence-corrected chi connectivity index (χ0v) is 17.0. The molecule has 0 aliphatic carbocycles. The molecule has 2 N–H and O–H groups in total. The molecule has 0 radical (unpaired) electrons. The Labute approximate surface area is 186 Å². The molecule has 152 valence electrons. The molecule has 0 bridgehead atoms. The molecule has 4 aromatic rings. The van der Waals surface area contributed by atoms with E-state index in [4.69, 9.17) is 0 Å². The van der Waals surface area contributed by atoms with Crippen LogP contribution in [0.1, 0.15) is 22.3 Å². The van der Waals surface area contributed by atoms with E-state index < -0.39 is 0 Å². The van der Waals surface area contributed by atoms with Gasteiger partial charge < -0.3 is 10.6 Å². The van der Waals surface area contributed by atoms with Crippen LogP contribution in [0.25, 0.3) is 0 Å². The van der Waals surface area contributed by atoms with Gasteiger partial charge in [-0.2, -0.15) is 0 Å². The summed E-state index contributed by atoms with van der Waals surface area (Å²) in [5, 5.41) is 5.74. The van der Waals surface area contributed by atoms with Gasteiger partial charge >= 0.3 is 6.03 Å². The van der Waals surface area contributed by atoms with Crippen LogP contribution < -0.4 is 10.6 Å². The maximum atomic E-state index is 12.7. The third kappa shape index (κ3) is 5.60. The second-order valence-corrected chi connectivity index (χ2v) is 6.66. The number of aromatic nitrogens is 2. The third-order valence-electron chi connectivity index (χ3n) is 4.34. The molecule has 0 fully saturated rings. The number of carbonyl (C=O) groups is 1. The van der Waals surface area contributed by atoms with Crippen molar-refractivity contribution in [1.29, 1.82) is 0 Å². The average Bonchev–Trinajstić information content (AvgIpc) is 2.84. The van der Waals surface area contributed by atoms with Crippen molar-refractivity contribution in [3.05, 3.63) is 120 Å². The number of nitrogens with one attached hydrogen (secondary N) is 2. The summed E-state index contributed by atoms with van der Waals surface area (Å²) in [5.41, 5.74) is 4.07. The molecule has 2 amide bonds. The van der Waals surface area contributed by atoms with E-state index >= 15 is 0 Å². The fourth-order valence-corrected chi connectivity index (χ4v) is 2.85. The molecule has 0 saturated heterocycles. The third-order valence-corrected chi connectivity index (χ3v) is 4.34. The van der Waals surface area contributed by atoms with Gasteiger partial charge in [-0.1, -0.05) is 47.9 Å². The molecule has 0 spiro atoms. The standard InChI is InChI=1S/C27H18N4O/c32-27(30-25-11-2-1-3-12-25)31-26-23(15-13-21-7-5-17-28-19-21)9-4-10-24(26)16-14-22-8-6-18-29-20-22/h1-12,17-20H,(H2,30,31,32). The molecule has 0 atom stereocenters. The van der Waals surface area contributed by atoms with Crippen LogP contribution in [-0.2, 0) is 0 Å². The van der Waals surface area contributed by atoms with Gasteiger partial charge in [0.25, 0.3) is 0 Å². The molecule has 0 unspecified atom stereocenters. The summed E-state index contributed by atoms with van der Waals surface area (Å²) in [7, 11) is 0. The van der Waals surface area contributed by atoms with Gasteiger partial charge in [0.05, 0.1) is 5.69 Å². The highest BCUT2D eigenvalue weighted by atomic mass is 16.2. The molecule has 5 nitrogen and oxygen atoms in total.